The molecule has 30 heavy (non-hydrogen) atoms. The topological polar surface area (TPSA) is 58.6 Å². The second kappa shape index (κ2) is 11.2. The zero-order valence-corrected chi connectivity index (χ0v) is 19.3. The minimum Gasteiger partial charge on any atom is -0.483 e. The smallest absolute Gasteiger partial charge is 0.261 e. The molecule has 2 rings (SSSR count). The molecule has 0 saturated heterocycles. The van der Waals surface area contributed by atoms with Crippen molar-refractivity contribution >= 4 is 35.0 Å². The number of hydrogen-bond acceptors (Lipinski definition) is 3. The van der Waals surface area contributed by atoms with E-state index in [-0.39, 0.29) is 25.0 Å². The van der Waals surface area contributed by atoms with E-state index in [1.165, 1.54) is 4.90 Å². The maximum absolute atomic E-state index is 13.0. The van der Waals surface area contributed by atoms with E-state index in [0.717, 1.165) is 23.1 Å². The molecule has 0 radical (unpaired) electrons. The van der Waals surface area contributed by atoms with Crippen LogP contribution in [0.25, 0.3) is 0 Å². The van der Waals surface area contributed by atoms with E-state index in [0.29, 0.717) is 22.3 Å². The third-order valence-electron chi connectivity index (χ3n) is 4.74. The number of hydrogen-bond donors (Lipinski definition) is 1. The molecule has 0 aliphatic carbocycles. The molecule has 0 heterocycles. The van der Waals surface area contributed by atoms with Crippen molar-refractivity contribution in [1.29, 1.82) is 0 Å². The van der Waals surface area contributed by atoms with E-state index in [9.17, 15) is 9.59 Å². The Morgan fingerprint density at radius 2 is 1.83 bits per heavy atom. The van der Waals surface area contributed by atoms with Gasteiger partial charge in [0, 0.05) is 13.1 Å². The van der Waals surface area contributed by atoms with Gasteiger partial charge in [-0.25, -0.2) is 0 Å². The number of aryl methyl sites for hydroxylation is 2. The predicted octanol–water partition coefficient (Wildman–Crippen LogP) is 4.93. The van der Waals surface area contributed by atoms with Crippen molar-refractivity contribution in [2.75, 3.05) is 13.2 Å². The van der Waals surface area contributed by atoms with Crippen LogP contribution in [-0.2, 0) is 16.1 Å². The highest BCUT2D eigenvalue weighted by atomic mass is 35.5. The van der Waals surface area contributed by atoms with Gasteiger partial charge in [-0.15, -0.1) is 0 Å². The summed E-state index contributed by atoms with van der Waals surface area (Å²) >= 11 is 12.1. The Morgan fingerprint density at radius 1 is 1.10 bits per heavy atom. The molecule has 2 aromatic carbocycles. The fraction of sp³-hybridized carbons (Fsp3) is 0.391. The lowest BCUT2D eigenvalue weighted by atomic mass is 10.1. The maximum Gasteiger partial charge on any atom is 0.261 e. The summed E-state index contributed by atoms with van der Waals surface area (Å²) in [6.45, 7) is 8.21. The quantitative estimate of drug-likeness (QED) is 0.588. The van der Waals surface area contributed by atoms with Crippen LogP contribution in [0.1, 0.15) is 37.0 Å². The highest BCUT2D eigenvalue weighted by Crippen LogP contribution is 2.24. The second-order valence-corrected chi connectivity index (χ2v) is 8.11. The molecule has 0 saturated carbocycles. The van der Waals surface area contributed by atoms with E-state index in [1.54, 1.807) is 25.1 Å². The van der Waals surface area contributed by atoms with Gasteiger partial charge in [-0.1, -0.05) is 53.9 Å². The van der Waals surface area contributed by atoms with Crippen LogP contribution in [0.4, 0.5) is 0 Å². The summed E-state index contributed by atoms with van der Waals surface area (Å²) < 4.78 is 5.76. The Hall–Kier alpha value is -2.24. The Labute approximate surface area is 188 Å². The molecule has 0 bridgehead atoms. The first-order chi connectivity index (χ1) is 14.2. The van der Waals surface area contributed by atoms with Crippen LogP contribution in [0.15, 0.2) is 36.4 Å². The van der Waals surface area contributed by atoms with Crippen LogP contribution in [0.2, 0.25) is 10.0 Å². The summed E-state index contributed by atoms with van der Waals surface area (Å²) in [4.78, 5) is 27.1. The third-order valence-corrected chi connectivity index (χ3v) is 5.47. The Morgan fingerprint density at radius 3 is 2.47 bits per heavy atom. The fourth-order valence-electron chi connectivity index (χ4n) is 3.00. The molecular weight excluding hydrogens is 423 g/mol. The van der Waals surface area contributed by atoms with Gasteiger partial charge in [0.05, 0.1) is 10.0 Å². The standard InChI is InChI=1S/C23H28Cl2N2O3/c1-5-10-26-23(29)17(4)27(13-18-7-8-19(24)20(25)12-18)22(28)14-30-21-9-6-15(2)11-16(21)3/h6-9,11-12,17H,5,10,13-14H2,1-4H3,(H,26,29). The number of nitrogens with one attached hydrogen (secondary N) is 1. The van der Waals surface area contributed by atoms with E-state index < -0.39 is 6.04 Å². The van der Waals surface area contributed by atoms with Crippen LogP contribution in [-0.4, -0.2) is 35.9 Å². The van der Waals surface area contributed by atoms with Gasteiger partial charge in [0.1, 0.15) is 11.8 Å². The number of ether oxygens (including phenoxy) is 1. The maximum atomic E-state index is 13.0. The van der Waals surface area contributed by atoms with Crippen molar-refractivity contribution in [2.45, 2.75) is 46.7 Å². The molecule has 7 heteroatoms. The number of carbonyl (C=O) groups is 2. The van der Waals surface area contributed by atoms with Gasteiger partial charge < -0.3 is 15.0 Å². The summed E-state index contributed by atoms with van der Waals surface area (Å²) in [5.74, 6) is 0.142. The van der Waals surface area contributed by atoms with Gasteiger partial charge in [-0.2, -0.15) is 0 Å². The molecule has 1 N–H and O–H groups in total. The molecule has 1 atom stereocenters. The molecule has 0 aliphatic rings. The van der Waals surface area contributed by atoms with Crippen molar-refractivity contribution < 1.29 is 14.3 Å². The second-order valence-electron chi connectivity index (χ2n) is 7.29. The SMILES string of the molecule is CCCNC(=O)C(C)N(Cc1ccc(Cl)c(Cl)c1)C(=O)COc1ccc(C)cc1C. The van der Waals surface area contributed by atoms with Crippen molar-refractivity contribution in [3.05, 3.63) is 63.1 Å². The van der Waals surface area contributed by atoms with E-state index >= 15 is 0 Å². The van der Waals surface area contributed by atoms with E-state index in [1.807, 2.05) is 39.0 Å². The molecule has 0 fully saturated rings. The average Bonchev–Trinajstić information content (AvgIpc) is 2.71. The summed E-state index contributed by atoms with van der Waals surface area (Å²) in [6.07, 6.45) is 0.814. The number of amides is 2. The average molecular weight is 451 g/mol. The first kappa shape index (κ1) is 24.0. The van der Waals surface area contributed by atoms with Crippen molar-refractivity contribution in [3.8, 4) is 5.75 Å². The molecule has 1 unspecified atom stereocenters. The first-order valence-corrected chi connectivity index (χ1v) is 10.7. The molecule has 5 nitrogen and oxygen atoms in total. The Balaban J connectivity index is 2.18. The number of halogens is 2. The van der Waals surface area contributed by atoms with Crippen molar-refractivity contribution in [3.63, 3.8) is 0 Å². The highest BCUT2D eigenvalue weighted by molar-refractivity contribution is 6.42. The minimum absolute atomic E-state index is 0.170. The molecule has 0 aromatic heterocycles. The third kappa shape index (κ3) is 6.64. The van der Waals surface area contributed by atoms with Gasteiger partial charge in [0.2, 0.25) is 5.91 Å². The molecule has 0 spiro atoms. The molecular formula is C23H28Cl2N2O3. The molecule has 2 aromatic rings. The lowest BCUT2D eigenvalue weighted by Crippen LogP contribution is -2.49. The first-order valence-electron chi connectivity index (χ1n) is 9.94. The van der Waals surface area contributed by atoms with Crippen LogP contribution >= 0.6 is 23.2 Å². The number of carbonyl (C=O) groups excluding carboxylic acids is 2. The van der Waals surface area contributed by atoms with Gasteiger partial charge in [0.15, 0.2) is 6.61 Å². The molecule has 2 amide bonds. The van der Waals surface area contributed by atoms with Gasteiger partial charge in [-0.05, 0) is 56.5 Å². The summed E-state index contributed by atoms with van der Waals surface area (Å²) in [6, 6.07) is 10.3. The van der Waals surface area contributed by atoms with Crippen LogP contribution < -0.4 is 10.1 Å². The van der Waals surface area contributed by atoms with Gasteiger partial charge in [0.25, 0.3) is 5.91 Å². The van der Waals surface area contributed by atoms with E-state index in [2.05, 4.69) is 5.32 Å². The summed E-state index contributed by atoms with van der Waals surface area (Å²) in [5.41, 5.74) is 2.85. The van der Waals surface area contributed by atoms with Gasteiger partial charge >= 0.3 is 0 Å². The van der Waals surface area contributed by atoms with Crippen LogP contribution in [0.5, 0.6) is 5.75 Å². The number of rotatable bonds is 9. The highest BCUT2D eigenvalue weighted by Gasteiger charge is 2.26. The number of benzene rings is 2. The number of nitrogens with zero attached hydrogens (tertiary/aromatic N) is 1. The van der Waals surface area contributed by atoms with Crippen molar-refractivity contribution in [2.24, 2.45) is 0 Å². The van der Waals surface area contributed by atoms with Crippen molar-refractivity contribution in [1.82, 2.24) is 10.2 Å². The van der Waals surface area contributed by atoms with Gasteiger partial charge in [-0.3, -0.25) is 9.59 Å². The molecule has 0 aliphatic heterocycles. The fourth-order valence-corrected chi connectivity index (χ4v) is 3.32. The summed E-state index contributed by atoms with van der Waals surface area (Å²) in [5, 5.41) is 3.68. The van der Waals surface area contributed by atoms with Crippen LogP contribution in [0.3, 0.4) is 0 Å². The lowest BCUT2D eigenvalue weighted by Gasteiger charge is -2.29. The lowest BCUT2D eigenvalue weighted by molar-refractivity contribution is -0.142. The zero-order valence-electron chi connectivity index (χ0n) is 17.8. The normalized spacial score (nSPS) is 11.7. The Kier molecular flexibility index (Phi) is 9.00. The Bertz CT molecular complexity index is 902. The predicted molar refractivity (Wildman–Crippen MR) is 121 cm³/mol. The zero-order chi connectivity index (χ0) is 22.3. The monoisotopic (exact) mass is 450 g/mol. The molecule has 162 valence electrons. The summed E-state index contributed by atoms with van der Waals surface area (Å²) in [7, 11) is 0. The van der Waals surface area contributed by atoms with Crippen LogP contribution in [0, 0.1) is 13.8 Å². The van der Waals surface area contributed by atoms with E-state index in [4.69, 9.17) is 27.9 Å². The largest absolute Gasteiger partial charge is 0.483 e. The minimum atomic E-state index is -0.666.